The summed E-state index contributed by atoms with van der Waals surface area (Å²) >= 11 is 0. The van der Waals surface area contributed by atoms with Crippen LogP contribution in [0, 0.1) is 5.41 Å². The van der Waals surface area contributed by atoms with Crippen molar-refractivity contribution in [3.63, 3.8) is 0 Å². The van der Waals surface area contributed by atoms with Gasteiger partial charge < -0.3 is 10.2 Å². The van der Waals surface area contributed by atoms with Gasteiger partial charge in [-0.25, -0.2) is 0 Å². The number of nitrogens with one attached hydrogen (secondary N) is 1. The molecule has 0 unspecified atom stereocenters. The van der Waals surface area contributed by atoms with Crippen LogP contribution in [0.15, 0.2) is 0 Å². The van der Waals surface area contributed by atoms with Gasteiger partial charge >= 0.3 is 0 Å². The summed E-state index contributed by atoms with van der Waals surface area (Å²) in [4.78, 5) is 2.42. The maximum absolute atomic E-state index is 3.40. The molecule has 0 aromatic rings. The smallest absolute Gasteiger partial charge is 0.00484 e. The Morgan fingerprint density at radius 1 is 1.08 bits per heavy atom. The lowest BCUT2D eigenvalue weighted by molar-refractivity contribution is -0.00368. The minimum Gasteiger partial charge on any atom is -0.317 e. The lowest BCUT2D eigenvalue weighted by atomic mass is 9.73. The van der Waals surface area contributed by atoms with Crippen molar-refractivity contribution in [1.82, 2.24) is 10.2 Å². The van der Waals surface area contributed by atoms with E-state index in [0.717, 1.165) is 5.41 Å². The third-order valence-electron chi connectivity index (χ3n) is 2.87. The predicted molar refractivity (Wildman–Crippen MR) is 53.4 cm³/mol. The molecule has 2 heteroatoms. The Morgan fingerprint density at radius 3 is 2.00 bits per heavy atom. The van der Waals surface area contributed by atoms with E-state index in [1.54, 1.807) is 0 Å². The summed E-state index contributed by atoms with van der Waals surface area (Å²) in [6.45, 7) is 9.17. The second kappa shape index (κ2) is 4.24. The standard InChI is InChI=1S/C8H16N2.C2H6/c1-10-6-8(7-10)2-4-9-5-3-8;1-2/h9H,2-7H2,1H3;1-2H3. The molecule has 72 valence electrons. The highest BCUT2D eigenvalue weighted by Gasteiger charge is 2.41. The molecule has 0 aromatic heterocycles. The second-order valence-corrected chi connectivity index (χ2v) is 3.92. The number of likely N-dealkylation sites (tertiary alicyclic amines) is 1. The van der Waals surface area contributed by atoms with Gasteiger partial charge in [-0.1, -0.05) is 13.8 Å². The third-order valence-corrected chi connectivity index (χ3v) is 2.87. The molecule has 0 aliphatic carbocycles. The summed E-state index contributed by atoms with van der Waals surface area (Å²) in [6.07, 6.45) is 2.80. The fourth-order valence-electron chi connectivity index (χ4n) is 2.37. The molecule has 2 rings (SSSR count). The van der Waals surface area contributed by atoms with E-state index in [2.05, 4.69) is 17.3 Å². The van der Waals surface area contributed by atoms with Crippen LogP contribution in [-0.4, -0.2) is 38.1 Å². The number of piperidine rings is 1. The predicted octanol–water partition coefficient (Wildman–Crippen LogP) is 1.33. The summed E-state index contributed by atoms with van der Waals surface area (Å²) < 4.78 is 0. The van der Waals surface area contributed by atoms with Gasteiger partial charge in [-0.15, -0.1) is 0 Å². The molecule has 1 N–H and O–H groups in total. The monoisotopic (exact) mass is 170 g/mol. The van der Waals surface area contributed by atoms with Gasteiger partial charge in [0.05, 0.1) is 0 Å². The zero-order valence-electron chi connectivity index (χ0n) is 8.69. The van der Waals surface area contributed by atoms with Gasteiger partial charge in [0, 0.05) is 13.1 Å². The van der Waals surface area contributed by atoms with Gasteiger partial charge in [0.1, 0.15) is 0 Å². The van der Waals surface area contributed by atoms with Gasteiger partial charge in [0.25, 0.3) is 0 Å². The van der Waals surface area contributed by atoms with E-state index in [1.807, 2.05) is 13.8 Å². The number of hydrogen-bond acceptors (Lipinski definition) is 2. The van der Waals surface area contributed by atoms with E-state index in [0.29, 0.717) is 0 Å². The quantitative estimate of drug-likeness (QED) is 0.590. The summed E-state index contributed by atoms with van der Waals surface area (Å²) in [6, 6.07) is 0. The molecular weight excluding hydrogens is 148 g/mol. The van der Waals surface area contributed by atoms with Gasteiger partial charge in [-0.2, -0.15) is 0 Å². The average Bonchev–Trinajstić information content (AvgIpc) is 2.08. The second-order valence-electron chi connectivity index (χ2n) is 3.92. The van der Waals surface area contributed by atoms with Crippen molar-refractivity contribution in [3.8, 4) is 0 Å². The van der Waals surface area contributed by atoms with E-state index in [-0.39, 0.29) is 0 Å². The Labute approximate surface area is 76.3 Å². The van der Waals surface area contributed by atoms with Crippen LogP contribution in [0.5, 0.6) is 0 Å². The molecule has 2 saturated heterocycles. The summed E-state index contributed by atoms with van der Waals surface area (Å²) in [5, 5.41) is 3.40. The molecule has 0 bridgehead atoms. The largest absolute Gasteiger partial charge is 0.317 e. The Kier molecular flexibility index (Phi) is 3.53. The zero-order valence-corrected chi connectivity index (χ0v) is 8.69. The van der Waals surface area contributed by atoms with Gasteiger partial charge in [-0.3, -0.25) is 0 Å². The summed E-state index contributed by atoms with van der Waals surface area (Å²) in [7, 11) is 2.22. The Hall–Kier alpha value is -0.0800. The van der Waals surface area contributed by atoms with Crippen LogP contribution in [0.3, 0.4) is 0 Å². The lowest BCUT2D eigenvalue weighted by Crippen LogP contribution is -2.58. The van der Waals surface area contributed by atoms with Gasteiger partial charge in [0.2, 0.25) is 0 Å². The molecule has 2 heterocycles. The van der Waals surface area contributed by atoms with Gasteiger partial charge in [-0.05, 0) is 38.4 Å². The van der Waals surface area contributed by atoms with Crippen LogP contribution in [-0.2, 0) is 0 Å². The third kappa shape index (κ3) is 1.99. The summed E-state index contributed by atoms with van der Waals surface area (Å²) in [5.74, 6) is 0. The van der Waals surface area contributed by atoms with Crippen LogP contribution in [0.4, 0.5) is 0 Å². The molecule has 2 nitrogen and oxygen atoms in total. The first-order chi connectivity index (χ1) is 5.81. The summed E-state index contributed by atoms with van der Waals surface area (Å²) in [5.41, 5.74) is 0.736. The van der Waals surface area contributed by atoms with Crippen LogP contribution in [0.25, 0.3) is 0 Å². The molecule has 0 atom stereocenters. The molecule has 0 aromatic carbocycles. The lowest BCUT2D eigenvalue weighted by Gasteiger charge is -2.51. The van der Waals surface area contributed by atoms with Crippen molar-refractivity contribution in [1.29, 1.82) is 0 Å². The highest BCUT2D eigenvalue weighted by molar-refractivity contribution is 4.95. The van der Waals surface area contributed by atoms with E-state index in [4.69, 9.17) is 0 Å². The van der Waals surface area contributed by atoms with Crippen molar-refractivity contribution in [2.24, 2.45) is 5.41 Å². The Morgan fingerprint density at radius 2 is 1.58 bits per heavy atom. The average molecular weight is 170 g/mol. The number of rotatable bonds is 0. The maximum Gasteiger partial charge on any atom is 0.00484 e. The van der Waals surface area contributed by atoms with Crippen LogP contribution < -0.4 is 5.32 Å². The zero-order chi connectivity index (χ0) is 9.03. The molecule has 2 aliphatic heterocycles. The Bertz CT molecular complexity index is 112. The minimum absolute atomic E-state index is 0.736. The van der Waals surface area contributed by atoms with Crippen molar-refractivity contribution < 1.29 is 0 Å². The van der Waals surface area contributed by atoms with E-state index in [1.165, 1.54) is 39.0 Å². The highest BCUT2D eigenvalue weighted by Crippen LogP contribution is 2.37. The fraction of sp³-hybridized carbons (Fsp3) is 1.00. The van der Waals surface area contributed by atoms with Gasteiger partial charge in [0.15, 0.2) is 0 Å². The van der Waals surface area contributed by atoms with Crippen LogP contribution in [0.1, 0.15) is 26.7 Å². The van der Waals surface area contributed by atoms with Crippen molar-refractivity contribution in [2.45, 2.75) is 26.7 Å². The van der Waals surface area contributed by atoms with E-state index in [9.17, 15) is 0 Å². The minimum atomic E-state index is 0.736. The Balaban J connectivity index is 0.000000336. The maximum atomic E-state index is 3.40. The number of hydrogen-bond donors (Lipinski definition) is 1. The topological polar surface area (TPSA) is 15.3 Å². The number of nitrogens with zero attached hydrogens (tertiary/aromatic N) is 1. The molecule has 2 fully saturated rings. The van der Waals surface area contributed by atoms with Crippen molar-refractivity contribution in [3.05, 3.63) is 0 Å². The molecule has 12 heavy (non-hydrogen) atoms. The first kappa shape index (κ1) is 10.0. The first-order valence-electron chi connectivity index (χ1n) is 5.20. The molecule has 0 amide bonds. The molecule has 0 radical (unpaired) electrons. The molecular formula is C10H22N2. The van der Waals surface area contributed by atoms with Crippen molar-refractivity contribution >= 4 is 0 Å². The van der Waals surface area contributed by atoms with Crippen molar-refractivity contribution in [2.75, 3.05) is 33.2 Å². The normalized spacial score (nSPS) is 27.2. The first-order valence-corrected chi connectivity index (χ1v) is 5.20. The SMILES string of the molecule is CC.CN1CC2(CCNCC2)C1. The molecule has 0 saturated carbocycles. The van der Waals surface area contributed by atoms with E-state index >= 15 is 0 Å². The van der Waals surface area contributed by atoms with Crippen LogP contribution >= 0.6 is 0 Å². The highest BCUT2D eigenvalue weighted by atomic mass is 15.2. The fourth-order valence-corrected chi connectivity index (χ4v) is 2.37. The van der Waals surface area contributed by atoms with Crippen LogP contribution in [0.2, 0.25) is 0 Å². The molecule has 2 aliphatic rings. The van der Waals surface area contributed by atoms with E-state index < -0.39 is 0 Å². The molecule has 1 spiro atoms.